The largest absolute Gasteiger partial charge is 0.464 e. The smallest absolute Gasteiger partial charge is 0.328 e. The number of aromatic nitrogens is 3. The van der Waals surface area contributed by atoms with Gasteiger partial charge in [-0.1, -0.05) is 24.5 Å². The van der Waals surface area contributed by atoms with Crippen molar-refractivity contribution in [3.63, 3.8) is 0 Å². The molecule has 1 saturated heterocycles. The van der Waals surface area contributed by atoms with Gasteiger partial charge >= 0.3 is 5.97 Å². The number of nitrogens with zero attached hydrogens (tertiary/aromatic N) is 3. The van der Waals surface area contributed by atoms with Crippen LogP contribution < -0.4 is 5.32 Å². The molecule has 0 aromatic carbocycles. The van der Waals surface area contributed by atoms with Crippen molar-refractivity contribution in [1.29, 1.82) is 0 Å². The van der Waals surface area contributed by atoms with Crippen molar-refractivity contribution in [3.8, 4) is 0 Å². The van der Waals surface area contributed by atoms with E-state index >= 15 is 0 Å². The minimum absolute atomic E-state index is 0.0868. The molecule has 3 rings (SSSR count). The number of rotatable bonds is 4. The predicted octanol–water partition coefficient (Wildman–Crippen LogP) is 0.757. The molecule has 1 saturated carbocycles. The topological polar surface area (TPSA) is 86.1 Å². The SMILES string of the molecule is O=C(Cn1cc(C2CCCCC2)nn1)N[C@H]1CCOC1=O. The monoisotopic (exact) mass is 292 g/mol. The molecule has 1 amide bonds. The second-order valence-electron chi connectivity index (χ2n) is 5.75. The molecule has 0 unspecified atom stereocenters. The summed E-state index contributed by atoms with van der Waals surface area (Å²) in [5.74, 6) is -0.121. The van der Waals surface area contributed by atoms with Gasteiger partial charge in [-0.2, -0.15) is 0 Å². The van der Waals surface area contributed by atoms with Gasteiger partial charge in [-0.3, -0.25) is 4.79 Å². The highest BCUT2D eigenvalue weighted by atomic mass is 16.5. The number of hydrogen-bond acceptors (Lipinski definition) is 5. The number of carbonyl (C=O) groups excluding carboxylic acids is 2. The standard InChI is InChI=1S/C14H20N4O3/c19-13(15-11-6-7-21-14(11)20)9-18-8-12(16-17-18)10-4-2-1-3-5-10/h8,10-11H,1-7,9H2,(H,15,19)/t11-/m0/s1. The molecule has 2 aliphatic rings. The van der Waals surface area contributed by atoms with Crippen molar-refractivity contribution in [1.82, 2.24) is 20.3 Å². The molecule has 1 aromatic rings. The molecule has 7 heteroatoms. The van der Waals surface area contributed by atoms with E-state index in [-0.39, 0.29) is 18.4 Å². The molecule has 1 aliphatic carbocycles. The van der Waals surface area contributed by atoms with Crippen LogP contribution in [0.5, 0.6) is 0 Å². The molecule has 2 heterocycles. The summed E-state index contributed by atoms with van der Waals surface area (Å²) in [6.45, 7) is 0.461. The molecule has 1 atom stereocenters. The van der Waals surface area contributed by atoms with Crippen LogP contribution in [-0.2, 0) is 20.9 Å². The van der Waals surface area contributed by atoms with Gasteiger partial charge in [-0.25, -0.2) is 9.48 Å². The Kier molecular flexibility index (Phi) is 4.17. The Morgan fingerprint density at radius 1 is 1.33 bits per heavy atom. The molecule has 7 nitrogen and oxygen atoms in total. The number of esters is 1. The van der Waals surface area contributed by atoms with Crippen molar-refractivity contribution < 1.29 is 14.3 Å². The van der Waals surface area contributed by atoms with E-state index in [2.05, 4.69) is 15.6 Å². The van der Waals surface area contributed by atoms with Crippen LogP contribution in [0.4, 0.5) is 0 Å². The van der Waals surface area contributed by atoms with Crippen molar-refractivity contribution in [2.75, 3.05) is 6.61 Å². The second-order valence-corrected chi connectivity index (χ2v) is 5.75. The molecule has 114 valence electrons. The zero-order valence-corrected chi connectivity index (χ0v) is 12.0. The van der Waals surface area contributed by atoms with Gasteiger partial charge in [0.2, 0.25) is 5.91 Å². The van der Waals surface area contributed by atoms with Crippen molar-refractivity contribution in [2.24, 2.45) is 0 Å². The fourth-order valence-corrected chi connectivity index (χ4v) is 2.99. The summed E-state index contributed by atoms with van der Waals surface area (Å²) >= 11 is 0. The molecule has 0 radical (unpaired) electrons. The van der Waals surface area contributed by atoms with Crippen LogP contribution in [0.3, 0.4) is 0 Å². The van der Waals surface area contributed by atoms with Crippen LogP contribution in [-0.4, -0.2) is 39.5 Å². The maximum atomic E-state index is 11.9. The van der Waals surface area contributed by atoms with E-state index in [0.717, 1.165) is 18.5 Å². The third-order valence-electron chi connectivity index (χ3n) is 4.16. The minimum Gasteiger partial charge on any atom is -0.464 e. The van der Waals surface area contributed by atoms with Gasteiger partial charge < -0.3 is 10.1 Å². The number of nitrogens with one attached hydrogen (secondary N) is 1. The highest BCUT2D eigenvalue weighted by Crippen LogP contribution is 2.30. The first-order chi connectivity index (χ1) is 10.2. The van der Waals surface area contributed by atoms with Crippen molar-refractivity contribution in [3.05, 3.63) is 11.9 Å². The maximum absolute atomic E-state index is 11.9. The van der Waals surface area contributed by atoms with E-state index in [9.17, 15) is 9.59 Å². The van der Waals surface area contributed by atoms with E-state index in [1.807, 2.05) is 6.20 Å². The van der Waals surface area contributed by atoms with Gasteiger partial charge in [0.15, 0.2) is 0 Å². The van der Waals surface area contributed by atoms with E-state index in [0.29, 0.717) is 18.9 Å². The molecular formula is C14H20N4O3. The van der Waals surface area contributed by atoms with Gasteiger partial charge in [0, 0.05) is 18.5 Å². The average Bonchev–Trinajstić information content (AvgIpc) is 3.10. The molecule has 0 spiro atoms. The highest BCUT2D eigenvalue weighted by Gasteiger charge is 2.28. The molecular weight excluding hydrogens is 272 g/mol. The van der Waals surface area contributed by atoms with Crippen molar-refractivity contribution >= 4 is 11.9 Å². The van der Waals surface area contributed by atoms with Crippen LogP contribution in [0.2, 0.25) is 0 Å². The fraction of sp³-hybridized carbons (Fsp3) is 0.714. The number of cyclic esters (lactones) is 1. The number of ether oxygens (including phenoxy) is 1. The summed E-state index contributed by atoms with van der Waals surface area (Å²) in [5, 5.41) is 10.9. The Hall–Kier alpha value is -1.92. The normalized spacial score (nSPS) is 23.0. The number of amides is 1. The lowest BCUT2D eigenvalue weighted by Crippen LogP contribution is -2.39. The summed E-state index contributed by atoms with van der Waals surface area (Å²) < 4.78 is 6.35. The Morgan fingerprint density at radius 2 is 2.14 bits per heavy atom. The van der Waals surface area contributed by atoms with Crippen LogP contribution in [0, 0.1) is 0 Å². The predicted molar refractivity (Wildman–Crippen MR) is 73.4 cm³/mol. The zero-order chi connectivity index (χ0) is 14.7. The number of hydrogen-bond donors (Lipinski definition) is 1. The summed E-state index contributed by atoms with van der Waals surface area (Å²) in [6, 6.07) is -0.515. The fourth-order valence-electron chi connectivity index (χ4n) is 2.99. The van der Waals surface area contributed by atoms with Gasteiger partial charge in [0.1, 0.15) is 12.6 Å². The van der Waals surface area contributed by atoms with Gasteiger partial charge in [0.05, 0.1) is 12.3 Å². The van der Waals surface area contributed by atoms with Crippen molar-refractivity contribution in [2.45, 2.75) is 57.0 Å². The molecule has 1 N–H and O–H groups in total. The van der Waals surface area contributed by atoms with Crippen LogP contribution >= 0.6 is 0 Å². The third-order valence-corrected chi connectivity index (χ3v) is 4.16. The molecule has 0 bridgehead atoms. The van der Waals surface area contributed by atoms with E-state index < -0.39 is 6.04 Å². The number of carbonyl (C=O) groups is 2. The van der Waals surface area contributed by atoms with Gasteiger partial charge in [-0.15, -0.1) is 5.10 Å². The first kappa shape index (κ1) is 14.0. The average molecular weight is 292 g/mol. The van der Waals surface area contributed by atoms with Crippen LogP contribution in [0.15, 0.2) is 6.20 Å². The third kappa shape index (κ3) is 3.40. The molecule has 1 aliphatic heterocycles. The Morgan fingerprint density at radius 3 is 2.86 bits per heavy atom. The molecule has 2 fully saturated rings. The lowest BCUT2D eigenvalue weighted by Gasteiger charge is -2.18. The van der Waals surface area contributed by atoms with Gasteiger partial charge in [-0.05, 0) is 12.8 Å². The quantitative estimate of drug-likeness (QED) is 0.828. The Labute approximate surface area is 123 Å². The van der Waals surface area contributed by atoms with E-state index in [1.54, 1.807) is 4.68 Å². The summed E-state index contributed by atoms with van der Waals surface area (Å²) in [7, 11) is 0. The lowest BCUT2D eigenvalue weighted by molar-refractivity contribution is -0.141. The van der Waals surface area contributed by atoms with E-state index in [4.69, 9.17) is 4.74 Å². The first-order valence-corrected chi connectivity index (χ1v) is 7.58. The Bertz CT molecular complexity index is 522. The highest BCUT2D eigenvalue weighted by molar-refractivity contribution is 5.85. The second kappa shape index (κ2) is 6.24. The summed E-state index contributed by atoms with van der Waals surface area (Å²) in [6.07, 6.45) is 8.46. The molecule has 21 heavy (non-hydrogen) atoms. The van der Waals surface area contributed by atoms with E-state index in [1.165, 1.54) is 19.3 Å². The lowest BCUT2D eigenvalue weighted by atomic mass is 9.87. The first-order valence-electron chi connectivity index (χ1n) is 7.58. The summed E-state index contributed by atoms with van der Waals surface area (Å²) in [5.41, 5.74) is 0.975. The maximum Gasteiger partial charge on any atom is 0.328 e. The van der Waals surface area contributed by atoms with Crippen LogP contribution in [0.1, 0.15) is 50.1 Å². The minimum atomic E-state index is -0.515. The summed E-state index contributed by atoms with van der Waals surface area (Å²) in [4.78, 5) is 23.2. The van der Waals surface area contributed by atoms with Crippen LogP contribution in [0.25, 0.3) is 0 Å². The molecule has 1 aromatic heterocycles. The Balaban J connectivity index is 1.54. The van der Waals surface area contributed by atoms with Gasteiger partial charge in [0.25, 0.3) is 0 Å². The zero-order valence-electron chi connectivity index (χ0n) is 12.0.